The van der Waals surface area contributed by atoms with E-state index in [9.17, 15) is 0 Å². The number of nitrogens with two attached hydrogens (primary N) is 1. The molecule has 0 aliphatic carbocycles. The predicted octanol–water partition coefficient (Wildman–Crippen LogP) is 2.19. The molecule has 1 saturated heterocycles. The van der Waals surface area contributed by atoms with Gasteiger partial charge >= 0.3 is 0 Å². The van der Waals surface area contributed by atoms with E-state index in [1.165, 1.54) is 5.56 Å². The molecule has 0 aromatic heterocycles. The van der Waals surface area contributed by atoms with E-state index >= 15 is 0 Å². The van der Waals surface area contributed by atoms with E-state index in [-0.39, 0.29) is 6.10 Å². The van der Waals surface area contributed by atoms with Crippen molar-refractivity contribution in [2.24, 2.45) is 5.73 Å². The Morgan fingerprint density at radius 3 is 2.47 bits per heavy atom. The standard InChI is InChI=1S/C14H21NO2/c1-3-11-5-7-12(8-6-11)14(4-2)16-10-13(9-15)17-14/h5-8,13H,3-4,9-10,15H2,1-2H3. The number of hydrogen-bond donors (Lipinski definition) is 1. The average Bonchev–Trinajstić information content (AvgIpc) is 2.84. The van der Waals surface area contributed by atoms with E-state index in [1.807, 2.05) is 0 Å². The highest BCUT2D eigenvalue weighted by molar-refractivity contribution is 5.26. The van der Waals surface area contributed by atoms with Crippen molar-refractivity contribution in [3.63, 3.8) is 0 Å². The van der Waals surface area contributed by atoms with Crippen molar-refractivity contribution in [2.45, 2.75) is 38.6 Å². The largest absolute Gasteiger partial charge is 0.343 e. The smallest absolute Gasteiger partial charge is 0.195 e. The summed E-state index contributed by atoms with van der Waals surface area (Å²) < 4.78 is 11.8. The highest BCUT2D eigenvalue weighted by Gasteiger charge is 2.41. The first-order chi connectivity index (χ1) is 8.24. The van der Waals surface area contributed by atoms with Crippen LogP contribution in [0, 0.1) is 0 Å². The van der Waals surface area contributed by atoms with Crippen LogP contribution in [0.2, 0.25) is 0 Å². The monoisotopic (exact) mass is 235 g/mol. The lowest BCUT2D eigenvalue weighted by Gasteiger charge is -2.27. The average molecular weight is 235 g/mol. The third-order valence-electron chi connectivity index (χ3n) is 3.39. The summed E-state index contributed by atoms with van der Waals surface area (Å²) in [6.07, 6.45) is 1.86. The van der Waals surface area contributed by atoms with Gasteiger partial charge in [-0.25, -0.2) is 0 Å². The maximum absolute atomic E-state index is 5.96. The van der Waals surface area contributed by atoms with Crippen LogP contribution in [0.1, 0.15) is 31.4 Å². The second-order valence-electron chi connectivity index (χ2n) is 4.44. The van der Waals surface area contributed by atoms with E-state index in [4.69, 9.17) is 15.2 Å². The highest BCUT2D eigenvalue weighted by Crippen LogP contribution is 2.37. The molecule has 0 saturated carbocycles. The molecule has 2 N–H and O–H groups in total. The van der Waals surface area contributed by atoms with Gasteiger partial charge in [0.2, 0.25) is 0 Å². The third kappa shape index (κ3) is 2.37. The number of rotatable bonds is 4. The molecule has 3 heteroatoms. The Labute approximate surface area is 103 Å². The molecule has 1 aromatic rings. The lowest BCUT2D eigenvalue weighted by molar-refractivity contribution is -0.177. The van der Waals surface area contributed by atoms with Gasteiger partial charge < -0.3 is 15.2 Å². The summed E-state index contributed by atoms with van der Waals surface area (Å²) in [5, 5.41) is 0. The maximum Gasteiger partial charge on any atom is 0.195 e. The van der Waals surface area contributed by atoms with Crippen molar-refractivity contribution in [3.8, 4) is 0 Å². The van der Waals surface area contributed by atoms with Gasteiger partial charge in [-0.3, -0.25) is 0 Å². The molecule has 3 nitrogen and oxygen atoms in total. The number of benzene rings is 1. The topological polar surface area (TPSA) is 44.5 Å². The molecule has 1 fully saturated rings. The minimum Gasteiger partial charge on any atom is -0.343 e. The van der Waals surface area contributed by atoms with Gasteiger partial charge in [-0.1, -0.05) is 38.1 Å². The normalized spacial score (nSPS) is 28.5. The molecule has 0 bridgehead atoms. The number of ether oxygens (including phenoxy) is 2. The summed E-state index contributed by atoms with van der Waals surface area (Å²) in [6, 6.07) is 8.47. The second kappa shape index (κ2) is 5.17. The first kappa shape index (κ1) is 12.6. The molecule has 17 heavy (non-hydrogen) atoms. The van der Waals surface area contributed by atoms with Crippen molar-refractivity contribution >= 4 is 0 Å². The number of aryl methyl sites for hydroxylation is 1. The zero-order chi connectivity index (χ0) is 12.3. The van der Waals surface area contributed by atoms with Gasteiger partial charge in [0.05, 0.1) is 12.7 Å². The van der Waals surface area contributed by atoms with Gasteiger partial charge in [0.15, 0.2) is 5.79 Å². The van der Waals surface area contributed by atoms with Crippen LogP contribution in [-0.2, 0) is 21.7 Å². The van der Waals surface area contributed by atoms with Crippen molar-refractivity contribution in [1.82, 2.24) is 0 Å². The summed E-state index contributed by atoms with van der Waals surface area (Å²) in [5.74, 6) is -0.587. The molecule has 1 heterocycles. The molecule has 2 atom stereocenters. The van der Waals surface area contributed by atoms with Crippen LogP contribution >= 0.6 is 0 Å². The summed E-state index contributed by atoms with van der Waals surface area (Å²) in [4.78, 5) is 0. The lowest BCUT2D eigenvalue weighted by Crippen LogP contribution is -2.29. The summed E-state index contributed by atoms with van der Waals surface area (Å²) in [5.41, 5.74) is 8.05. The molecule has 0 radical (unpaired) electrons. The Morgan fingerprint density at radius 1 is 1.29 bits per heavy atom. The molecule has 1 aliphatic heterocycles. The molecular weight excluding hydrogens is 214 g/mol. The molecule has 0 spiro atoms. The van der Waals surface area contributed by atoms with E-state index in [0.717, 1.165) is 18.4 Å². The molecule has 2 unspecified atom stereocenters. The van der Waals surface area contributed by atoms with Crippen LogP contribution in [-0.4, -0.2) is 19.3 Å². The van der Waals surface area contributed by atoms with Crippen molar-refractivity contribution in [3.05, 3.63) is 35.4 Å². The van der Waals surface area contributed by atoms with Crippen LogP contribution in [0.5, 0.6) is 0 Å². The maximum atomic E-state index is 5.96. The summed E-state index contributed by atoms with van der Waals surface area (Å²) in [6.45, 7) is 5.32. The van der Waals surface area contributed by atoms with Crippen LogP contribution in [0.25, 0.3) is 0 Å². The zero-order valence-corrected chi connectivity index (χ0v) is 10.6. The highest BCUT2D eigenvalue weighted by atomic mass is 16.7. The van der Waals surface area contributed by atoms with E-state index < -0.39 is 5.79 Å². The minimum absolute atomic E-state index is 0.0146. The summed E-state index contributed by atoms with van der Waals surface area (Å²) >= 11 is 0. The van der Waals surface area contributed by atoms with Gasteiger partial charge in [-0.15, -0.1) is 0 Å². The van der Waals surface area contributed by atoms with Gasteiger partial charge in [-0.2, -0.15) is 0 Å². The molecular formula is C14H21NO2. The summed E-state index contributed by atoms with van der Waals surface area (Å²) in [7, 11) is 0. The van der Waals surface area contributed by atoms with Gasteiger partial charge in [0.1, 0.15) is 0 Å². The Kier molecular flexibility index (Phi) is 3.82. The van der Waals surface area contributed by atoms with Crippen LogP contribution in [0.15, 0.2) is 24.3 Å². The molecule has 2 rings (SSSR count). The third-order valence-corrected chi connectivity index (χ3v) is 3.39. The van der Waals surface area contributed by atoms with Crippen LogP contribution in [0.3, 0.4) is 0 Å². The molecule has 94 valence electrons. The van der Waals surface area contributed by atoms with E-state index in [0.29, 0.717) is 13.2 Å². The van der Waals surface area contributed by atoms with Crippen LogP contribution < -0.4 is 5.73 Å². The van der Waals surface area contributed by atoms with Gasteiger partial charge in [-0.05, 0) is 12.0 Å². The number of hydrogen-bond acceptors (Lipinski definition) is 3. The van der Waals surface area contributed by atoms with Crippen molar-refractivity contribution in [1.29, 1.82) is 0 Å². The lowest BCUT2D eigenvalue weighted by atomic mass is 10.0. The fourth-order valence-corrected chi connectivity index (χ4v) is 2.22. The Morgan fingerprint density at radius 2 is 2.00 bits per heavy atom. The second-order valence-corrected chi connectivity index (χ2v) is 4.44. The Hall–Kier alpha value is -0.900. The molecule has 1 aliphatic rings. The Balaban J connectivity index is 2.22. The minimum atomic E-state index is -0.587. The quantitative estimate of drug-likeness (QED) is 0.870. The first-order valence-electron chi connectivity index (χ1n) is 6.35. The van der Waals surface area contributed by atoms with E-state index in [2.05, 4.69) is 38.1 Å². The molecule has 1 aromatic carbocycles. The Bertz CT molecular complexity index is 363. The zero-order valence-electron chi connectivity index (χ0n) is 10.6. The van der Waals surface area contributed by atoms with E-state index in [1.54, 1.807) is 0 Å². The predicted molar refractivity (Wildman–Crippen MR) is 67.7 cm³/mol. The fraction of sp³-hybridized carbons (Fsp3) is 0.571. The first-order valence-corrected chi connectivity index (χ1v) is 6.35. The van der Waals surface area contributed by atoms with Crippen molar-refractivity contribution < 1.29 is 9.47 Å². The van der Waals surface area contributed by atoms with Crippen molar-refractivity contribution in [2.75, 3.05) is 13.2 Å². The molecule has 0 amide bonds. The van der Waals surface area contributed by atoms with Gasteiger partial charge in [0.25, 0.3) is 0 Å². The van der Waals surface area contributed by atoms with Gasteiger partial charge in [0, 0.05) is 18.5 Å². The SMILES string of the molecule is CCc1ccc(C2(CC)OCC(CN)O2)cc1. The van der Waals surface area contributed by atoms with Crippen LogP contribution in [0.4, 0.5) is 0 Å². The fourth-order valence-electron chi connectivity index (χ4n) is 2.22.